The maximum absolute atomic E-state index is 6.20. The molecule has 0 saturated heterocycles. The first kappa shape index (κ1) is 25.8. The normalized spacial score (nSPS) is 11.6. The molecule has 7 aromatic carbocycles. The van der Waals surface area contributed by atoms with Gasteiger partial charge < -0.3 is 9.32 Å². The zero-order valence-corrected chi connectivity index (χ0v) is 25.2. The van der Waals surface area contributed by atoms with Crippen LogP contribution in [0.15, 0.2) is 168 Å². The Hall–Kier alpha value is -5.64. The SMILES string of the molecule is c1ccc(-c2cccc(N(c3ccccc3)c3ccc(-c4ccc5c(c4)sc4ccc6oc7ccccc7c6c45)cc3)c2)cc1. The Bertz CT molecular complexity index is 2470. The highest BCUT2D eigenvalue weighted by atomic mass is 32.1. The van der Waals surface area contributed by atoms with Crippen LogP contribution in [0.1, 0.15) is 0 Å². The van der Waals surface area contributed by atoms with Crippen molar-refractivity contribution in [2.24, 2.45) is 0 Å². The molecule has 0 saturated carbocycles. The first-order chi connectivity index (χ1) is 22.3. The first-order valence-corrected chi connectivity index (χ1v) is 16.0. The summed E-state index contributed by atoms with van der Waals surface area (Å²) in [7, 11) is 0. The van der Waals surface area contributed by atoms with Gasteiger partial charge >= 0.3 is 0 Å². The van der Waals surface area contributed by atoms with Crippen molar-refractivity contribution in [2.45, 2.75) is 0 Å². The fourth-order valence-electron chi connectivity index (χ4n) is 6.54. The molecule has 0 amide bonds. The van der Waals surface area contributed by atoms with Crippen molar-refractivity contribution in [1.82, 2.24) is 0 Å². The Morgan fingerprint density at radius 1 is 0.378 bits per heavy atom. The van der Waals surface area contributed by atoms with E-state index >= 15 is 0 Å². The van der Waals surface area contributed by atoms with Crippen LogP contribution in [0.2, 0.25) is 0 Å². The molecule has 0 radical (unpaired) electrons. The number of fused-ring (bicyclic) bond motifs is 7. The summed E-state index contributed by atoms with van der Waals surface area (Å²) in [6.45, 7) is 0. The topological polar surface area (TPSA) is 16.4 Å². The summed E-state index contributed by atoms with van der Waals surface area (Å²) in [5.41, 5.74) is 10.1. The van der Waals surface area contributed by atoms with E-state index in [1.54, 1.807) is 0 Å². The average molecular weight is 594 g/mol. The Labute approximate surface area is 265 Å². The number of hydrogen-bond acceptors (Lipinski definition) is 3. The molecular formula is C42H27NOS. The van der Waals surface area contributed by atoms with Crippen LogP contribution in [-0.2, 0) is 0 Å². The van der Waals surface area contributed by atoms with E-state index in [2.05, 4.69) is 163 Å². The van der Waals surface area contributed by atoms with Crippen LogP contribution in [0.3, 0.4) is 0 Å². The van der Waals surface area contributed by atoms with Gasteiger partial charge in [-0.25, -0.2) is 0 Å². The van der Waals surface area contributed by atoms with Crippen molar-refractivity contribution in [2.75, 3.05) is 4.90 Å². The van der Waals surface area contributed by atoms with Crippen molar-refractivity contribution in [3.8, 4) is 22.3 Å². The molecule has 0 bridgehead atoms. The number of anilines is 3. The third kappa shape index (κ3) is 4.40. The van der Waals surface area contributed by atoms with Gasteiger partial charge in [0.25, 0.3) is 0 Å². The molecule has 0 N–H and O–H groups in total. The van der Waals surface area contributed by atoms with Gasteiger partial charge in [0.2, 0.25) is 0 Å². The zero-order chi connectivity index (χ0) is 29.7. The largest absolute Gasteiger partial charge is 0.456 e. The number of benzene rings is 7. The zero-order valence-electron chi connectivity index (χ0n) is 24.4. The highest BCUT2D eigenvalue weighted by molar-refractivity contribution is 7.26. The van der Waals surface area contributed by atoms with Crippen molar-refractivity contribution in [3.63, 3.8) is 0 Å². The molecule has 0 unspecified atom stereocenters. The first-order valence-electron chi connectivity index (χ1n) is 15.2. The van der Waals surface area contributed by atoms with Crippen molar-refractivity contribution in [1.29, 1.82) is 0 Å². The van der Waals surface area contributed by atoms with Gasteiger partial charge in [0.05, 0.1) is 0 Å². The minimum absolute atomic E-state index is 0.937. The molecular weight excluding hydrogens is 567 g/mol. The quantitative estimate of drug-likeness (QED) is 0.197. The van der Waals surface area contributed by atoms with Crippen molar-refractivity contribution >= 4 is 70.5 Å². The minimum atomic E-state index is 0.937. The lowest BCUT2D eigenvalue weighted by atomic mass is 10.0. The van der Waals surface area contributed by atoms with Gasteiger partial charge in [0.1, 0.15) is 11.2 Å². The number of furan rings is 1. The average Bonchev–Trinajstić information content (AvgIpc) is 3.67. The lowest BCUT2D eigenvalue weighted by Gasteiger charge is -2.26. The maximum Gasteiger partial charge on any atom is 0.136 e. The molecule has 9 rings (SSSR count). The molecule has 2 heterocycles. The second-order valence-corrected chi connectivity index (χ2v) is 12.4. The third-order valence-corrected chi connectivity index (χ3v) is 9.78. The van der Waals surface area contributed by atoms with Gasteiger partial charge in [-0.3, -0.25) is 0 Å². The lowest BCUT2D eigenvalue weighted by molar-refractivity contribution is 0.669. The van der Waals surface area contributed by atoms with Gasteiger partial charge in [0, 0.05) is 48.0 Å². The van der Waals surface area contributed by atoms with Gasteiger partial charge in [-0.1, -0.05) is 103 Å². The molecule has 0 aliphatic carbocycles. The molecule has 0 fully saturated rings. The molecule has 0 atom stereocenters. The number of para-hydroxylation sites is 2. The summed E-state index contributed by atoms with van der Waals surface area (Å²) in [5, 5.41) is 4.95. The van der Waals surface area contributed by atoms with E-state index in [0.717, 1.165) is 28.2 Å². The second kappa shape index (κ2) is 10.5. The van der Waals surface area contributed by atoms with E-state index in [0.29, 0.717) is 0 Å². The molecule has 2 nitrogen and oxygen atoms in total. The minimum Gasteiger partial charge on any atom is -0.456 e. The van der Waals surface area contributed by atoms with Crippen LogP contribution in [0.4, 0.5) is 17.1 Å². The van der Waals surface area contributed by atoms with Crippen LogP contribution < -0.4 is 4.90 Å². The van der Waals surface area contributed by atoms with Crippen LogP contribution in [0, 0.1) is 0 Å². The fourth-order valence-corrected chi connectivity index (χ4v) is 7.70. The number of thiophene rings is 1. The Kier molecular flexibility index (Phi) is 6.03. The van der Waals surface area contributed by atoms with E-state index in [-0.39, 0.29) is 0 Å². The summed E-state index contributed by atoms with van der Waals surface area (Å²) >= 11 is 1.85. The predicted octanol–water partition coefficient (Wildman–Crippen LogP) is 12.8. The molecule has 0 spiro atoms. The Morgan fingerprint density at radius 2 is 1.02 bits per heavy atom. The fraction of sp³-hybridized carbons (Fsp3) is 0. The number of hydrogen-bond donors (Lipinski definition) is 0. The van der Waals surface area contributed by atoms with Crippen molar-refractivity contribution in [3.05, 3.63) is 164 Å². The molecule has 2 aromatic heterocycles. The Balaban J connectivity index is 1.12. The number of nitrogens with zero attached hydrogens (tertiary/aromatic N) is 1. The molecule has 212 valence electrons. The lowest BCUT2D eigenvalue weighted by Crippen LogP contribution is -2.09. The van der Waals surface area contributed by atoms with Gasteiger partial charge in [-0.05, 0) is 82.9 Å². The third-order valence-electron chi connectivity index (χ3n) is 8.66. The van der Waals surface area contributed by atoms with Crippen LogP contribution in [0.5, 0.6) is 0 Å². The summed E-state index contributed by atoms with van der Waals surface area (Å²) < 4.78 is 8.77. The van der Waals surface area contributed by atoms with Gasteiger partial charge in [-0.2, -0.15) is 0 Å². The van der Waals surface area contributed by atoms with Crippen LogP contribution in [-0.4, -0.2) is 0 Å². The summed E-state index contributed by atoms with van der Waals surface area (Å²) in [6, 6.07) is 58.4. The van der Waals surface area contributed by atoms with Gasteiger partial charge in [0.15, 0.2) is 0 Å². The van der Waals surface area contributed by atoms with Crippen molar-refractivity contribution < 1.29 is 4.42 Å². The monoisotopic (exact) mass is 593 g/mol. The molecule has 0 aliphatic heterocycles. The number of rotatable bonds is 5. The molecule has 0 aliphatic rings. The van der Waals surface area contributed by atoms with Crippen LogP contribution >= 0.6 is 11.3 Å². The van der Waals surface area contributed by atoms with E-state index in [1.165, 1.54) is 53.2 Å². The molecule has 9 aromatic rings. The van der Waals surface area contributed by atoms with Gasteiger partial charge in [-0.15, -0.1) is 11.3 Å². The Morgan fingerprint density at radius 3 is 1.87 bits per heavy atom. The highest BCUT2D eigenvalue weighted by Crippen LogP contribution is 2.44. The van der Waals surface area contributed by atoms with E-state index in [9.17, 15) is 0 Å². The summed E-state index contributed by atoms with van der Waals surface area (Å²) in [6.07, 6.45) is 0. The summed E-state index contributed by atoms with van der Waals surface area (Å²) in [5.74, 6) is 0. The highest BCUT2D eigenvalue weighted by Gasteiger charge is 2.16. The predicted molar refractivity (Wildman–Crippen MR) is 192 cm³/mol. The second-order valence-electron chi connectivity index (χ2n) is 11.4. The molecule has 3 heteroatoms. The van der Waals surface area contributed by atoms with Crippen LogP contribution in [0.25, 0.3) is 64.4 Å². The van der Waals surface area contributed by atoms with E-state index in [1.807, 2.05) is 17.4 Å². The van der Waals surface area contributed by atoms with E-state index in [4.69, 9.17) is 4.42 Å². The summed E-state index contributed by atoms with van der Waals surface area (Å²) in [4.78, 5) is 2.33. The smallest absolute Gasteiger partial charge is 0.136 e. The standard InChI is InChI=1S/C42H27NOS/c1-3-10-28(11-4-1)30-12-9-15-34(26-30)43(32-13-5-2-6-14-32)33-21-18-29(19-22-33)31-20-23-36-40(27-31)45-39-25-24-38-41(42(36)39)35-16-7-8-17-37(35)44-38/h1-27H. The maximum atomic E-state index is 6.20. The van der Waals surface area contributed by atoms with E-state index < -0.39 is 0 Å². The molecule has 45 heavy (non-hydrogen) atoms.